The molecule has 1 aromatic rings. The van der Waals surface area contributed by atoms with E-state index in [0.29, 0.717) is 31.9 Å². The van der Waals surface area contributed by atoms with Crippen LogP contribution in [0.5, 0.6) is 0 Å². The first-order valence-corrected chi connectivity index (χ1v) is 5.35. The molecule has 16 heavy (non-hydrogen) atoms. The van der Waals surface area contributed by atoms with Crippen LogP contribution in [0, 0.1) is 6.92 Å². The molecule has 5 heteroatoms. The van der Waals surface area contributed by atoms with E-state index < -0.39 is 5.60 Å². The van der Waals surface area contributed by atoms with Gasteiger partial charge in [0, 0.05) is 19.6 Å². The van der Waals surface area contributed by atoms with Crippen molar-refractivity contribution in [2.45, 2.75) is 18.9 Å². The molecule has 1 aliphatic heterocycles. The molecular weight excluding hydrogens is 206 g/mol. The fraction of sp³-hybridized carbons (Fsp3) is 0.545. The maximum atomic E-state index is 10.1. The molecule has 1 aromatic heterocycles. The summed E-state index contributed by atoms with van der Waals surface area (Å²) >= 11 is 0. The van der Waals surface area contributed by atoms with Crippen LogP contribution in [-0.4, -0.2) is 35.5 Å². The van der Waals surface area contributed by atoms with Crippen LogP contribution in [0.3, 0.4) is 0 Å². The van der Waals surface area contributed by atoms with Crippen LogP contribution in [0.2, 0.25) is 0 Å². The van der Waals surface area contributed by atoms with E-state index in [1.54, 1.807) is 6.20 Å². The number of aliphatic hydroxyl groups is 1. The van der Waals surface area contributed by atoms with Gasteiger partial charge in [-0.05, 0) is 18.6 Å². The molecule has 1 atom stereocenters. The Bertz CT molecular complexity index is 375. The molecule has 0 amide bonds. The van der Waals surface area contributed by atoms with Crippen molar-refractivity contribution in [1.29, 1.82) is 0 Å². The van der Waals surface area contributed by atoms with Gasteiger partial charge in [-0.15, -0.1) is 0 Å². The summed E-state index contributed by atoms with van der Waals surface area (Å²) in [6.45, 7) is 3.38. The van der Waals surface area contributed by atoms with E-state index >= 15 is 0 Å². The summed E-state index contributed by atoms with van der Waals surface area (Å²) < 4.78 is 5.17. The van der Waals surface area contributed by atoms with E-state index in [0.717, 1.165) is 11.4 Å². The molecule has 5 nitrogen and oxygen atoms in total. The minimum atomic E-state index is -0.768. The molecule has 2 rings (SSSR count). The predicted molar refractivity (Wildman–Crippen MR) is 62.3 cm³/mol. The second-order valence-electron chi connectivity index (χ2n) is 4.31. The third-order valence-corrected chi connectivity index (χ3v) is 2.77. The zero-order valence-electron chi connectivity index (χ0n) is 9.36. The van der Waals surface area contributed by atoms with Gasteiger partial charge < -0.3 is 20.9 Å². The van der Waals surface area contributed by atoms with Crippen LogP contribution >= 0.6 is 0 Å². The van der Waals surface area contributed by atoms with Crippen LogP contribution in [0.25, 0.3) is 0 Å². The topological polar surface area (TPSA) is 80.4 Å². The second kappa shape index (κ2) is 4.27. The lowest BCUT2D eigenvalue weighted by Gasteiger charge is -2.21. The van der Waals surface area contributed by atoms with Gasteiger partial charge in [-0.25, -0.2) is 4.98 Å². The zero-order chi connectivity index (χ0) is 11.6. The van der Waals surface area contributed by atoms with Gasteiger partial charge in [-0.3, -0.25) is 0 Å². The number of rotatable bonds is 3. The first-order valence-electron chi connectivity index (χ1n) is 5.35. The summed E-state index contributed by atoms with van der Waals surface area (Å²) in [5.41, 5.74) is 6.46. The summed E-state index contributed by atoms with van der Waals surface area (Å²) in [6.07, 6.45) is 2.26. The van der Waals surface area contributed by atoms with Crippen molar-refractivity contribution in [3.63, 3.8) is 0 Å². The molecular formula is C11H17N3O2. The zero-order valence-corrected chi connectivity index (χ0v) is 9.36. The van der Waals surface area contributed by atoms with E-state index in [9.17, 15) is 5.11 Å². The van der Waals surface area contributed by atoms with Crippen molar-refractivity contribution in [2.75, 3.05) is 30.8 Å². The van der Waals surface area contributed by atoms with Crippen molar-refractivity contribution in [1.82, 2.24) is 4.98 Å². The first-order chi connectivity index (χ1) is 7.59. The highest BCUT2D eigenvalue weighted by Crippen LogP contribution is 2.20. The number of hydrogen-bond donors (Lipinski definition) is 3. The highest BCUT2D eigenvalue weighted by molar-refractivity contribution is 5.50. The molecule has 88 valence electrons. The van der Waals surface area contributed by atoms with Crippen LogP contribution in [0.4, 0.5) is 11.5 Å². The molecule has 1 fully saturated rings. The quantitative estimate of drug-likeness (QED) is 0.696. The SMILES string of the molecule is Cc1cc(N)cnc1NCC1(O)CCOC1. The summed E-state index contributed by atoms with van der Waals surface area (Å²) in [5.74, 6) is 0.759. The number of pyridine rings is 1. The number of nitrogen functional groups attached to an aromatic ring is 1. The molecule has 0 aromatic carbocycles. The number of nitrogens with one attached hydrogen (secondary N) is 1. The minimum Gasteiger partial charge on any atom is -0.397 e. The average molecular weight is 223 g/mol. The lowest BCUT2D eigenvalue weighted by atomic mass is 10.0. The Kier molecular flexibility index (Phi) is 2.98. The summed E-state index contributed by atoms with van der Waals surface area (Å²) in [6, 6.07) is 1.85. The molecule has 4 N–H and O–H groups in total. The molecule has 0 spiro atoms. The molecule has 0 radical (unpaired) electrons. The third-order valence-electron chi connectivity index (χ3n) is 2.77. The van der Waals surface area contributed by atoms with E-state index in [1.165, 1.54) is 0 Å². The number of nitrogens with zero attached hydrogens (tertiary/aromatic N) is 1. The van der Waals surface area contributed by atoms with Crippen molar-refractivity contribution in [3.8, 4) is 0 Å². The number of hydrogen-bond acceptors (Lipinski definition) is 5. The van der Waals surface area contributed by atoms with Crippen LogP contribution in [-0.2, 0) is 4.74 Å². The van der Waals surface area contributed by atoms with Gasteiger partial charge in [0.2, 0.25) is 0 Å². The van der Waals surface area contributed by atoms with E-state index in [4.69, 9.17) is 10.5 Å². The fourth-order valence-corrected chi connectivity index (χ4v) is 1.77. The Morgan fingerprint density at radius 2 is 2.50 bits per heavy atom. The van der Waals surface area contributed by atoms with Crippen molar-refractivity contribution in [2.24, 2.45) is 0 Å². The molecule has 0 bridgehead atoms. The summed E-state index contributed by atoms with van der Waals surface area (Å²) in [5, 5.41) is 13.2. The highest BCUT2D eigenvalue weighted by atomic mass is 16.5. The van der Waals surface area contributed by atoms with Gasteiger partial charge in [0.25, 0.3) is 0 Å². The van der Waals surface area contributed by atoms with E-state index in [2.05, 4.69) is 10.3 Å². The third kappa shape index (κ3) is 2.43. The second-order valence-corrected chi connectivity index (χ2v) is 4.31. The Morgan fingerprint density at radius 3 is 3.12 bits per heavy atom. The van der Waals surface area contributed by atoms with Gasteiger partial charge in [0.05, 0.1) is 18.5 Å². The number of aryl methyl sites for hydroxylation is 1. The van der Waals surface area contributed by atoms with Gasteiger partial charge in [0.1, 0.15) is 11.4 Å². The van der Waals surface area contributed by atoms with Gasteiger partial charge in [-0.2, -0.15) is 0 Å². The monoisotopic (exact) mass is 223 g/mol. The number of aromatic nitrogens is 1. The van der Waals surface area contributed by atoms with Crippen molar-refractivity contribution < 1.29 is 9.84 Å². The highest BCUT2D eigenvalue weighted by Gasteiger charge is 2.32. The van der Waals surface area contributed by atoms with Gasteiger partial charge >= 0.3 is 0 Å². The van der Waals surface area contributed by atoms with Crippen molar-refractivity contribution in [3.05, 3.63) is 17.8 Å². The lowest BCUT2D eigenvalue weighted by Crippen LogP contribution is -2.37. The number of ether oxygens (including phenoxy) is 1. The first kappa shape index (κ1) is 11.2. The smallest absolute Gasteiger partial charge is 0.129 e. The average Bonchev–Trinajstić information content (AvgIpc) is 2.64. The van der Waals surface area contributed by atoms with Crippen LogP contribution < -0.4 is 11.1 Å². The largest absolute Gasteiger partial charge is 0.397 e. The van der Waals surface area contributed by atoms with E-state index in [-0.39, 0.29) is 0 Å². The standard InChI is InChI=1S/C11H17N3O2/c1-8-4-9(12)5-13-10(8)14-6-11(15)2-3-16-7-11/h4-5,15H,2-3,6-7,12H2,1H3,(H,13,14). The normalized spacial score (nSPS) is 24.6. The molecule has 1 unspecified atom stereocenters. The van der Waals surface area contributed by atoms with Gasteiger partial charge in [-0.1, -0.05) is 0 Å². The molecule has 1 aliphatic rings. The number of anilines is 2. The Balaban J connectivity index is 1.99. The van der Waals surface area contributed by atoms with Crippen LogP contribution in [0.1, 0.15) is 12.0 Å². The summed E-state index contributed by atoms with van der Waals surface area (Å²) in [4.78, 5) is 4.18. The van der Waals surface area contributed by atoms with Gasteiger partial charge in [0.15, 0.2) is 0 Å². The number of nitrogens with two attached hydrogens (primary N) is 1. The minimum absolute atomic E-state index is 0.383. The predicted octanol–water partition coefficient (Wildman–Crippen LogP) is 0.536. The van der Waals surface area contributed by atoms with Crippen molar-refractivity contribution >= 4 is 11.5 Å². The Labute approximate surface area is 94.6 Å². The van der Waals surface area contributed by atoms with Crippen LogP contribution in [0.15, 0.2) is 12.3 Å². The molecule has 1 saturated heterocycles. The maximum Gasteiger partial charge on any atom is 0.129 e. The fourth-order valence-electron chi connectivity index (χ4n) is 1.77. The molecule has 0 aliphatic carbocycles. The Hall–Kier alpha value is -1.33. The molecule has 2 heterocycles. The maximum absolute atomic E-state index is 10.1. The Morgan fingerprint density at radius 1 is 1.69 bits per heavy atom. The molecule has 0 saturated carbocycles. The summed E-state index contributed by atoms with van der Waals surface area (Å²) in [7, 11) is 0. The van der Waals surface area contributed by atoms with E-state index in [1.807, 2.05) is 13.0 Å². The lowest BCUT2D eigenvalue weighted by molar-refractivity contribution is 0.0381.